The van der Waals surface area contributed by atoms with Crippen LogP contribution in [0.5, 0.6) is 5.88 Å². The number of rotatable bonds is 7. The average Bonchev–Trinajstić information content (AvgIpc) is 3.77. The van der Waals surface area contributed by atoms with Gasteiger partial charge in [-0.1, -0.05) is 62.4 Å². The molecular weight excluding hydrogens is 644 g/mol. The topological polar surface area (TPSA) is 160 Å². The number of ether oxygens (including phenoxy) is 1. The molecule has 260 valence electrons. The lowest BCUT2D eigenvalue weighted by Crippen LogP contribution is -2.62. The third kappa shape index (κ3) is 7.51. The second kappa shape index (κ2) is 13.9. The van der Waals surface area contributed by atoms with Crippen LogP contribution in [-0.2, 0) is 24.4 Å². The highest BCUT2D eigenvalue weighted by Crippen LogP contribution is 2.39. The molecule has 5 atom stereocenters. The fourth-order valence-electron chi connectivity index (χ4n) is 7.65. The molecule has 0 radical (unpaired) electrons. The Bertz CT molecular complexity index is 1800. The summed E-state index contributed by atoms with van der Waals surface area (Å²) in [5, 5.41) is 5.86. The van der Waals surface area contributed by atoms with Gasteiger partial charge in [0.05, 0.1) is 29.0 Å². The Morgan fingerprint density at radius 2 is 1.65 bits per heavy atom. The van der Waals surface area contributed by atoms with E-state index in [0.29, 0.717) is 44.0 Å². The number of hydrogen-bond acceptors (Lipinski definition) is 9. The van der Waals surface area contributed by atoms with Crippen LogP contribution in [0.2, 0.25) is 0 Å². The largest absolute Gasteiger partial charge is 0.471 e. The highest BCUT2D eigenvalue weighted by atomic mass is 32.2. The summed E-state index contributed by atoms with van der Waals surface area (Å²) in [5.74, 6) is -0.932. The molecule has 2 bridgehead atoms. The SMILES string of the molecule is O=C1N[C@]2(C(=O)NS(=O)(=O)C3CC3)CCC(CCCCCC[C@H](Nc3ccccc3)C(=O)N3C[C@H](Oc4cnc5ccccc5n4)C[C@@H]13)C2. The molecule has 2 aromatic carbocycles. The molecule has 2 saturated carbocycles. The fraction of sp³-hybridized carbons (Fsp3) is 0.528. The molecule has 2 saturated heterocycles. The first-order chi connectivity index (χ1) is 23.7. The van der Waals surface area contributed by atoms with E-state index in [-0.39, 0.29) is 30.7 Å². The summed E-state index contributed by atoms with van der Waals surface area (Å²) in [6, 6.07) is 15.5. The van der Waals surface area contributed by atoms with Crippen molar-refractivity contribution in [2.24, 2.45) is 5.92 Å². The van der Waals surface area contributed by atoms with Crippen molar-refractivity contribution in [3.8, 4) is 5.88 Å². The molecule has 4 aliphatic rings. The van der Waals surface area contributed by atoms with Crippen LogP contribution in [0.1, 0.15) is 77.0 Å². The van der Waals surface area contributed by atoms with Crippen LogP contribution >= 0.6 is 0 Å². The van der Waals surface area contributed by atoms with E-state index >= 15 is 0 Å². The van der Waals surface area contributed by atoms with Crippen molar-refractivity contribution in [1.29, 1.82) is 0 Å². The highest BCUT2D eigenvalue weighted by molar-refractivity contribution is 7.91. The average molecular weight is 689 g/mol. The van der Waals surface area contributed by atoms with Crippen molar-refractivity contribution in [1.82, 2.24) is 24.9 Å². The van der Waals surface area contributed by atoms with Gasteiger partial charge in [-0.05, 0) is 68.7 Å². The molecule has 2 aliphatic carbocycles. The maximum atomic E-state index is 14.5. The number of aromatic nitrogens is 2. The second-order valence-electron chi connectivity index (χ2n) is 14.1. The van der Waals surface area contributed by atoms with Gasteiger partial charge in [-0.15, -0.1) is 0 Å². The number of carbonyl (C=O) groups is 3. The summed E-state index contributed by atoms with van der Waals surface area (Å²) >= 11 is 0. The molecule has 1 aromatic heterocycles. The molecule has 0 spiro atoms. The Hall–Kier alpha value is -4.26. The molecule has 49 heavy (non-hydrogen) atoms. The van der Waals surface area contributed by atoms with Gasteiger partial charge in [0.1, 0.15) is 23.7 Å². The first-order valence-electron chi connectivity index (χ1n) is 17.6. The van der Waals surface area contributed by atoms with Gasteiger partial charge >= 0.3 is 0 Å². The Labute approximate surface area is 286 Å². The van der Waals surface area contributed by atoms with Gasteiger partial charge in [-0.2, -0.15) is 0 Å². The van der Waals surface area contributed by atoms with E-state index in [4.69, 9.17) is 4.74 Å². The summed E-state index contributed by atoms with van der Waals surface area (Å²) in [6.07, 6.45) is 8.80. The van der Waals surface area contributed by atoms with E-state index in [1.165, 1.54) is 0 Å². The molecule has 3 N–H and O–H groups in total. The Morgan fingerprint density at radius 1 is 0.918 bits per heavy atom. The van der Waals surface area contributed by atoms with E-state index in [2.05, 4.69) is 25.3 Å². The minimum Gasteiger partial charge on any atom is -0.471 e. The lowest BCUT2D eigenvalue weighted by molar-refractivity contribution is -0.141. The third-order valence-corrected chi connectivity index (χ3v) is 12.3. The number of fused-ring (bicyclic) bond motifs is 4. The lowest BCUT2D eigenvalue weighted by atomic mass is 9.92. The molecule has 3 aromatic rings. The van der Waals surface area contributed by atoms with E-state index in [0.717, 1.165) is 43.3 Å². The van der Waals surface area contributed by atoms with Crippen molar-refractivity contribution in [2.45, 2.75) is 106 Å². The van der Waals surface area contributed by atoms with Crippen molar-refractivity contribution < 1.29 is 27.5 Å². The molecule has 3 amide bonds. The summed E-state index contributed by atoms with van der Waals surface area (Å²) in [4.78, 5) is 53.3. The highest BCUT2D eigenvalue weighted by Gasteiger charge is 2.51. The fourth-order valence-corrected chi connectivity index (χ4v) is 9.03. The number of para-hydroxylation sites is 3. The Kier molecular flexibility index (Phi) is 9.45. The van der Waals surface area contributed by atoms with Gasteiger partial charge < -0.3 is 20.3 Å². The van der Waals surface area contributed by atoms with Crippen LogP contribution in [0, 0.1) is 5.92 Å². The van der Waals surface area contributed by atoms with Crippen LogP contribution in [-0.4, -0.2) is 76.5 Å². The van der Waals surface area contributed by atoms with Crippen molar-refractivity contribution in [2.75, 3.05) is 11.9 Å². The second-order valence-corrected chi connectivity index (χ2v) is 16.0. The Balaban J connectivity index is 1.19. The molecular formula is C36H44N6O6S. The number of nitrogens with zero attached hydrogens (tertiary/aromatic N) is 3. The predicted octanol–water partition coefficient (Wildman–Crippen LogP) is 4.08. The maximum absolute atomic E-state index is 14.5. The van der Waals surface area contributed by atoms with E-state index in [1.54, 1.807) is 11.1 Å². The van der Waals surface area contributed by atoms with E-state index < -0.39 is 50.8 Å². The summed E-state index contributed by atoms with van der Waals surface area (Å²) in [5.41, 5.74) is 0.811. The van der Waals surface area contributed by atoms with Gasteiger partial charge in [0.25, 0.3) is 5.91 Å². The van der Waals surface area contributed by atoms with Crippen LogP contribution < -0.4 is 20.1 Å². The number of nitrogens with one attached hydrogen (secondary N) is 3. The molecule has 3 heterocycles. The quantitative estimate of drug-likeness (QED) is 0.333. The summed E-state index contributed by atoms with van der Waals surface area (Å²) in [6.45, 7) is 0.135. The van der Waals surface area contributed by atoms with Crippen molar-refractivity contribution in [3.63, 3.8) is 0 Å². The van der Waals surface area contributed by atoms with Crippen LogP contribution in [0.3, 0.4) is 0 Å². The van der Waals surface area contributed by atoms with Crippen molar-refractivity contribution in [3.05, 3.63) is 60.8 Å². The first kappa shape index (κ1) is 33.2. The summed E-state index contributed by atoms with van der Waals surface area (Å²) in [7, 11) is -3.83. The van der Waals surface area contributed by atoms with Crippen LogP contribution in [0.4, 0.5) is 5.69 Å². The molecule has 4 fully saturated rings. The van der Waals surface area contributed by atoms with Gasteiger partial charge in [-0.25, -0.2) is 18.4 Å². The van der Waals surface area contributed by atoms with Crippen LogP contribution in [0.25, 0.3) is 11.0 Å². The van der Waals surface area contributed by atoms with Crippen LogP contribution in [0.15, 0.2) is 60.8 Å². The van der Waals surface area contributed by atoms with E-state index in [1.807, 2.05) is 54.6 Å². The lowest BCUT2D eigenvalue weighted by Gasteiger charge is -2.33. The first-order valence-corrected chi connectivity index (χ1v) is 19.1. The Morgan fingerprint density at radius 3 is 2.43 bits per heavy atom. The summed E-state index contributed by atoms with van der Waals surface area (Å²) < 4.78 is 34.4. The van der Waals surface area contributed by atoms with Gasteiger partial charge in [0.15, 0.2) is 0 Å². The standard InChI is InChI=1S/C36H44N6O6S/c43-33-31-20-26(48-32-22-37-28-13-8-9-14-29(28)39-32)23-42(31)34(44)30(38-25-11-5-3-6-12-25)15-7-2-1-4-10-24-18-19-36(21-24,40-33)35(45)41-49(46,47)27-16-17-27/h3,5-6,8-9,11-14,22,24,26-27,30-31,38H,1-2,4,7,10,15-21,23H2,(H,40,43)(H,41,45)/t24?,26-,30+,31+,36-/m1/s1. The molecule has 2 aliphatic heterocycles. The van der Waals surface area contributed by atoms with Gasteiger partial charge in [0.2, 0.25) is 27.7 Å². The maximum Gasteiger partial charge on any atom is 0.259 e. The smallest absolute Gasteiger partial charge is 0.259 e. The zero-order valence-electron chi connectivity index (χ0n) is 27.6. The number of hydrogen-bond donors (Lipinski definition) is 3. The van der Waals surface area contributed by atoms with Crippen molar-refractivity contribution >= 4 is 44.5 Å². The number of sulfonamides is 1. The number of benzene rings is 2. The molecule has 12 nitrogen and oxygen atoms in total. The minimum atomic E-state index is -3.83. The number of amides is 3. The third-order valence-electron chi connectivity index (χ3n) is 10.4. The van der Waals surface area contributed by atoms with Gasteiger partial charge in [0, 0.05) is 12.1 Å². The molecule has 13 heteroatoms. The zero-order chi connectivity index (χ0) is 34.0. The zero-order valence-corrected chi connectivity index (χ0v) is 28.4. The molecule has 1 unspecified atom stereocenters. The number of carbonyl (C=O) groups excluding carboxylic acids is 3. The predicted molar refractivity (Wildman–Crippen MR) is 184 cm³/mol. The molecule has 7 rings (SSSR count). The number of anilines is 1. The normalized spacial score (nSPS) is 28.2. The minimum absolute atomic E-state index is 0.135. The van der Waals surface area contributed by atoms with E-state index in [9.17, 15) is 22.8 Å². The monoisotopic (exact) mass is 688 g/mol. The van der Waals surface area contributed by atoms with Gasteiger partial charge in [-0.3, -0.25) is 19.1 Å².